The summed E-state index contributed by atoms with van der Waals surface area (Å²) in [6.07, 6.45) is -7.36. The van der Waals surface area contributed by atoms with Crippen LogP contribution in [0.3, 0.4) is 0 Å². The van der Waals surface area contributed by atoms with Crippen molar-refractivity contribution in [3.05, 3.63) is 182 Å². The lowest BCUT2D eigenvalue weighted by molar-refractivity contribution is -0.364. The smallest absolute Gasteiger partial charge is 0.460 e. The van der Waals surface area contributed by atoms with Gasteiger partial charge < -0.3 is 9.11 Å². The van der Waals surface area contributed by atoms with Gasteiger partial charge in [0, 0.05) is 0 Å². The van der Waals surface area contributed by atoms with Crippen LogP contribution in [0, 0.1) is 0 Å². The van der Waals surface area contributed by atoms with Crippen LogP contribution in [0.2, 0.25) is 0 Å². The number of alkyl halides is 8. The zero-order chi connectivity index (χ0) is 42.8. The Morgan fingerprint density at radius 3 is 0.638 bits per heavy atom. The summed E-state index contributed by atoms with van der Waals surface area (Å²) in [5.41, 5.74) is 0. The molecule has 0 fully saturated rings. The summed E-state index contributed by atoms with van der Waals surface area (Å²) in [4.78, 5) is 8.17. The standard InChI is InChI=1S/2C18H15S.C4H2F8O6S2/c2*1-4-10-16(11-5-1)19(17-12-6-2-7-13-17)18-14-8-3-9-15-18;5-1(6,3(9,10)11)2(7,8)4(12,19(13,14)15)20(16,17)18/h2*1-15H;(H,13,14,15)(H,16,17,18)/q2*+1;/p-2. The molecule has 58 heavy (non-hydrogen) atoms. The van der Waals surface area contributed by atoms with Crippen LogP contribution in [0.15, 0.2) is 211 Å². The molecule has 0 atom stereocenters. The second-order valence-corrected chi connectivity index (χ2v) is 18.8. The van der Waals surface area contributed by atoms with E-state index in [1.165, 1.54) is 29.4 Å². The van der Waals surface area contributed by atoms with Gasteiger partial charge >= 0.3 is 22.4 Å². The van der Waals surface area contributed by atoms with E-state index >= 15 is 0 Å². The third-order valence-electron chi connectivity index (χ3n) is 7.64. The highest BCUT2D eigenvalue weighted by Crippen LogP contribution is 2.55. The molecule has 0 aliphatic heterocycles. The van der Waals surface area contributed by atoms with Crippen LogP contribution in [0.5, 0.6) is 0 Å². The van der Waals surface area contributed by atoms with Crippen LogP contribution in [0.25, 0.3) is 0 Å². The van der Waals surface area contributed by atoms with Crippen LogP contribution >= 0.6 is 0 Å². The minimum Gasteiger partial charge on any atom is -0.745 e. The summed E-state index contributed by atoms with van der Waals surface area (Å²) in [5.74, 6) is -15.4. The highest BCUT2D eigenvalue weighted by Gasteiger charge is 2.85. The summed E-state index contributed by atoms with van der Waals surface area (Å²) >= 11 is 0. The number of rotatable bonds is 10. The number of halogens is 8. The first-order valence-electron chi connectivity index (χ1n) is 16.4. The Bertz CT molecular complexity index is 2060. The average molecular weight is 887 g/mol. The molecule has 0 bridgehead atoms. The lowest BCUT2D eigenvalue weighted by Gasteiger charge is -2.40. The zero-order valence-corrected chi connectivity index (χ0v) is 32.7. The monoisotopic (exact) mass is 886 g/mol. The molecule has 0 aromatic heterocycles. The third kappa shape index (κ3) is 10.3. The largest absolute Gasteiger partial charge is 0.745 e. The highest BCUT2D eigenvalue weighted by atomic mass is 32.3. The predicted molar refractivity (Wildman–Crippen MR) is 202 cm³/mol. The van der Waals surface area contributed by atoms with Gasteiger partial charge in [0.2, 0.25) is 0 Å². The Hall–Kier alpha value is -4.72. The summed E-state index contributed by atoms with van der Waals surface area (Å²) in [7, 11) is -15.6. The van der Waals surface area contributed by atoms with Crippen molar-refractivity contribution in [1.29, 1.82) is 0 Å². The molecule has 18 heteroatoms. The van der Waals surface area contributed by atoms with E-state index in [1.54, 1.807) is 0 Å². The summed E-state index contributed by atoms with van der Waals surface area (Å²) in [6, 6.07) is 64.3. The molecular weight excluding hydrogens is 857 g/mol. The molecule has 6 rings (SSSR count). The van der Waals surface area contributed by atoms with Crippen LogP contribution in [-0.2, 0) is 42.0 Å². The first-order valence-corrected chi connectivity index (χ1v) is 21.6. The Kier molecular flexibility index (Phi) is 15.0. The van der Waals surface area contributed by atoms with Gasteiger partial charge in [-0.25, -0.2) is 21.2 Å². The van der Waals surface area contributed by atoms with Crippen molar-refractivity contribution < 1.29 is 61.1 Å². The molecule has 0 unspecified atom stereocenters. The van der Waals surface area contributed by atoms with Crippen molar-refractivity contribution in [2.75, 3.05) is 0 Å². The summed E-state index contributed by atoms with van der Waals surface area (Å²) < 4.78 is 151. The van der Waals surface area contributed by atoms with Crippen molar-refractivity contribution in [3.63, 3.8) is 0 Å². The van der Waals surface area contributed by atoms with Gasteiger partial charge in [0.1, 0.15) is 0 Å². The molecule has 6 nitrogen and oxygen atoms in total. The Labute approximate surface area is 335 Å². The predicted octanol–water partition coefficient (Wildman–Crippen LogP) is 10.1. The molecule has 0 aliphatic rings. The van der Waals surface area contributed by atoms with Crippen LogP contribution in [0.4, 0.5) is 35.1 Å². The maximum Gasteiger partial charge on any atom is 0.460 e. The molecule has 0 radical (unpaired) electrons. The van der Waals surface area contributed by atoms with E-state index in [4.69, 9.17) is 0 Å². The van der Waals surface area contributed by atoms with Crippen molar-refractivity contribution in [3.8, 4) is 0 Å². The van der Waals surface area contributed by atoms with Gasteiger partial charge in [-0.15, -0.1) is 0 Å². The van der Waals surface area contributed by atoms with Crippen LogP contribution in [0.1, 0.15) is 0 Å². The van der Waals surface area contributed by atoms with Gasteiger partial charge in [-0.05, 0) is 72.8 Å². The van der Waals surface area contributed by atoms with Crippen molar-refractivity contribution in [2.24, 2.45) is 0 Å². The summed E-state index contributed by atoms with van der Waals surface area (Å²) in [5, 5.41) is 0. The summed E-state index contributed by atoms with van der Waals surface area (Å²) in [6.45, 7) is 0. The second kappa shape index (κ2) is 18.9. The van der Waals surface area contributed by atoms with Crippen molar-refractivity contribution in [2.45, 2.75) is 51.7 Å². The van der Waals surface area contributed by atoms with E-state index in [0.29, 0.717) is 0 Å². The average Bonchev–Trinajstić information content (AvgIpc) is 3.19. The van der Waals surface area contributed by atoms with E-state index in [9.17, 15) is 61.1 Å². The SMILES string of the molecule is O=S(=O)([O-])C(F)(C(F)(F)C(F)(F)C(F)(F)F)S(=O)(=O)[O-].c1ccc([S+](c2ccccc2)c2ccccc2)cc1.c1ccc([S+](c2ccccc2)c2ccccc2)cc1. The van der Waals surface area contributed by atoms with Crippen LogP contribution in [-0.4, -0.2) is 48.3 Å². The molecule has 0 spiro atoms. The van der Waals surface area contributed by atoms with Gasteiger partial charge in [0.25, 0.3) is 0 Å². The fourth-order valence-corrected chi connectivity index (χ4v) is 11.1. The number of benzene rings is 6. The quantitative estimate of drug-likeness (QED) is 0.0769. The molecule has 0 amide bonds. The first kappa shape index (κ1) is 46.0. The maximum atomic E-state index is 13.1. The van der Waals surface area contributed by atoms with Gasteiger partial charge in [0.15, 0.2) is 49.6 Å². The van der Waals surface area contributed by atoms with E-state index in [0.717, 1.165) is 0 Å². The lowest BCUT2D eigenvalue weighted by atomic mass is 10.2. The minimum absolute atomic E-state index is 0.0146. The van der Waals surface area contributed by atoms with E-state index in [1.807, 2.05) is 0 Å². The van der Waals surface area contributed by atoms with E-state index in [-0.39, 0.29) is 21.8 Å². The highest BCUT2D eigenvalue weighted by molar-refractivity contribution is 8.05. The normalized spacial score (nSPS) is 12.6. The van der Waals surface area contributed by atoms with Gasteiger partial charge in [-0.1, -0.05) is 109 Å². The fraction of sp³-hybridized carbons (Fsp3) is 0.100. The van der Waals surface area contributed by atoms with E-state index in [2.05, 4.69) is 182 Å². The molecule has 6 aromatic carbocycles. The van der Waals surface area contributed by atoms with Crippen molar-refractivity contribution >= 4 is 42.0 Å². The molecular formula is C40H30F8O6S4. The third-order valence-corrected chi connectivity index (χ3v) is 15.1. The second-order valence-electron chi connectivity index (χ2n) is 11.6. The fourth-order valence-electron chi connectivity index (χ4n) is 4.96. The number of hydrogen-bond acceptors (Lipinski definition) is 6. The van der Waals surface area contributed by atoms with Crippen molar-refractivity contribution in [1.82, 2.24) is 0 Å². The maximum absolute atomic E-state index is 13.1. The number of hydrogen-bond donors (Lipinski definition) is 0. The topological polar surface area (TPSA) is 114 Å². The Balaban J connectivity index is 0.000000192. The Morgan fingerprint density at radius 1 is 0.328 bits per heavy atom. The molecule has 0 heterocycles. The molecule has 0 aliphatic carbocycles. The molecule has 0 saturated carbocycles. The lowest BCUT2D eigenvalue weighted by Crippen LogP contribution is -2.67. The molecule has 6 aromatic rings. The van der Waals surface area contributed by atoms with Gasteiger partial charge in [-0.3, -0.25) is 0 Å². The molecule has 0 N–H and O–H groups in total. The molecule has 0 saturated heterocycles. The molecule has 306 valence electrons. The van der Waals surface area contributed by atoms with Gasteiger partial charge in [0.05, 0.1) is 21.8 Å². The minimum atomic E-state index is -7.77. The Morgan fingerprint density at radius 2 is 0.500 bits per heavy atom. The van der Waals surface area contributed by atoms with E-state index < -0.39 is 42.6 Å². The first-order chi connectivity index (χ1) is 27.1. The zero-order valence-electron chi connectivity index (χ0n) is 29.4. The van der Waals surface area contributed by atoms with Gasteiger partial charge in [-0.2, -0.15) is 30.7 Å². The van der Waals surface area contributed by atoms with Crippen LogP contribution < -0.4 is 0 Å².